The molecule has 0 atom stereocenters. The number of hydrogen-bond acceptors (Lipinski definition) is 3. The summed E-state index contributed by atoms with van der Waals surface area (Å²) in [4.78, 5) is 4.21. The van der Waals surface area contributed by atoms with Crippen molar-refractivity contribution in [2.75, 3.05) is 38.3 Å². The topological polar surface area (TPSA) is 68.9 Å². The number of guanidine groups is 1. The molecule has 0 radical (unpaired) electrons. The van der Waals surface area contributed by atoms with E-state index in [4.69, 9.17) is 15.2 Å². The molecule has 21 heavy (non-hydrogen) atoms. The lowest BCUT2D eigenvalue weighted by atomic mass is 10.2. The number of benzene rings is 1. The van der Waals surface area contributed by atoms with Crippen LogP contribution in [-0.4, -0.2) is 38.9 Å². The number of unbranched alkanes of at least 4 members (excludes halogenated alkanes) is 1. The summed E-state index contributed by atoms with van der Waals surface area (Å²) in [7, 11) is 0. The van der Waals surface area contributed by atoms with Gasteiger partial charge in [0, 0.05) is 12.3 Å². The van der Waals surface area contributed by atoms with E-state index >= 15 is 0 Å². The van der Waals surface area contributed by atoms with Crippen LogP contribution >= 0.6 is 0 Å². The molecule has 0 amide bonds. The fourth-order valence-electron chi connectivity index (χ4n) is 1.71. The molecule has 0 aliphatic carbocycles. The normalized spacial score (nSPS) is 11.6. The summed E-state index contributed by atoms with van der Waals surface area (Å²) in [6.07, 6.45) is 2.26. The second kappa shape index (κ2) is 11.1. The predicted octanol–water partition coefficient (Wildman–Crippen LogP) is 2.55. The van der Waals surface area contributed by atoms with Gasteiger partial charge in [-0.1, -0.05) is 25.5 Å². The highest BCUT2D eigenvalue weighted by Gasteiger charge is 1.95. The predicted molar refractivity (Wildman–Crippen MR) is 87.8 cm³/mol. The average molecular weight is 293 g/mol. The first-order valence-electron chi connectivity index (χ1n) is 7.51. The maximum Gasteiger partial charge on any atom is 0.193 e. The molecule has 118 valence electrons. The van der Waals surface area contributed by atoms with E-state index in [2.05, 4.69) is 17.2 Å². The highest BCUT2D eigenvalue weighted by molar-refractivity contribution is 5.92. The molecular weight excluding hydrogens is 266 g/mol. The van der Waals surface area contributed by atoms with E-state index in [1.165, 1.54) is 5.56 Å². The second-order valence-electron chi connectivity index (χ2n) is 4.84. The third-order valence-corrected chi connectivity index (χ3v) is 2.82. The van der Waals surface area contributed by atoms with Crippen LogP contribution in [0.2, 0.25) is 0 Å². The number of nitrogens with zero attached hydrogens (tertiary/aromatic N) is 1. The van der Waals surface area contributed by atoms with Gasteiger partial charge >= 0.3 is 0 Å². The zero-order chi connectivity index (χ0) is 15.3. The van der Waals surface area contributed by atoms with E-state index in [-0.39, 0.29) is 0 Å². The van der Waals surface area contributed by atoms with Gasteiger partial charge < -0.3 is 20.5 Å². The Morgan fingerprint density at radius 2 is 1.95 bits per heavy atom. The SMILES string of the molecule is CCCCOCCOCCN=C(N)Nc1cccc(C)c1. The van der Waals surface area contributed by atoms with Crippen LogP contribution in [0, 0.1) is 6.92 Å². The number of rotatable bonds is 10. The number of nitrogens with two attached hydrogens (primary N) is 1. The van der Waals surface area contributed by atoms with E-state index in [0.29, 0.717) is 32.3 Å². The van der Waals surface area contributed by atoms with Gasteiger partial charge in [0.05, 0.1) is 26.4 Å². The van der Waals surface area contributed by atoms with Crippen LogP contribution in [0.3, 0.4) is 0 Å². The molecule has 0 fully saturated rings. The minimum Gasteiger partial charge on any atom is -0.379 e. The van der Waals surface area contributed by atoms with E-state index < -0.39 is 0 Å². The third-order valence-electron chi connectivity index (χ3n) is 2.82. The summed E-state index contributed by atoms with van der Waals surface area (Å²) in [6, 6.07) is 7.99. The van der Waals surface area contributed by atoms with Crippen molar-refractivity contribution in [3.8, 4) is 0 Å². The quantitative estimate of drug-likeness (QED) is 0.395. The molecular formula is C16H27N3O2. The summed E-state index contributed by atoms with van der Waals surface area (Å²) in [6.45, 7) is 7.32. The molecule has 0 spiro atoms. The molecule has 1 aromatic carbocycles. The van der Waals surface area contributed by atoms with Crippen LogP contribution in [0.25, 0.3) is 0 Å². The lowest BCUT2D eigenvalue weighted by Crippen LogP contribution is -2.23. The molecule has 1 rings (SSSR count). The van der Waals surface area contributed by atoms with Crippen molar-refractivity contribution < 1.29 is 9.47 Å². The summed E-state index contributed by atoms with van der Waals surface area (Å²) >= 11 is 0. The molecule has 0 aliphatic heterocycles. The molecule has 0 aromatic heterocycles. The van der Waals surface area contributed by atoms with Gasteiger partial charge in [-0.05, 0) is 31.0 Å². The van der Waals surface area contributed by atoms with Gasteiger partial charge in [0.1, 0.15) is 0 Å². The molecule has 0 saturated carbocycles. The third kappa shape index (κ3) is 9.05. The lowest BCUT2D eigenvalue weighted by molar-refractivity contribution is 0.0498. The Morgan fingerprint density at radius 3 is 2.67 bits per heavy atom. The summed E-state index contributed by atoms with van der Waals surface area (Å²) < 4.78 is 10.8. The molecule has 5 nitrogen and oxygen atoms in total. The molecule has 0 saturated heterocycles. The van der Waals surface area contributed by atoms with Crippen molar-refractivity contribution in [1.29, 1.82) is 0 Å². The molecule has 0 unspecified atom stereocenters. The Bertz CT molecular complexity index is 422. The molecule has 0 aliphatic rings. The van der Waals surface area contributed by atoms with Gasteiger partial charge in [-0.2, -0.15) is 0 Å². The minimum absolute atomic E-state index is 0.406. The minimum atomic E-state index is 0.406. The van der Waals surface area contributed by atoms with Gasteiger partial charge in [0.2, 0.25) is 0 Å². The first-order chi connectivity index (χ1) is 10.2. The van der Waals surface area contributed by atoms with E-state index in [1.807, 2.05) is 31.2 Å². The maximum atomic E-state index is 5.81. The van der Waals surface area contributed by atoms with E-state index in [1.54, 1.807) is 0 Å². The van der Waals surface area contributed by atoms with Gasteiger partial charge in [-0.25, -0.2) is 0 Å². The van der Waals surface area contributed by atoms with Gasteiger partial charge in [0.25, 0.3) is 0 Å². The largest absolute Gasteiger partial charge is 0.379 e. The van der Waals surface area contributed by atoms with Crippen molar-refractivity contribution in [3.63, 3.8) is 0 Å². The number of nitrogens with one attached hydrogen (secondary N) is 1. The highest BCUT2D eigenvalue weighted by Crippen LogP contribution is 2.08. The Kier molecular flexibility index (Phi) is 9.24. The smallest absolute Gasteiger partial charge is 0.193 e. The van der Waals surface area contributed by atoms with Crippen molar-refractivity contribution in [1.82, 2.24) is 0 Å². The highest BCUT2D eigenvalue weighted by atomic mass is 16.5. The fraction of sp³-hybridized carbons (Fsp3) is 0.562. The van der Waals surface area contributed by atoms with Crippen LogP contribution in [0.4, 0.5) is 5.69 Å². The number of hydrogen-bond donors (Lipinski definition) is 2. The first-order valence-corrected chi connectivity index (χ1v) is 7.51. The number of anilines is 1. The lowest BCUT2D eigenvalue weighted by Gasteiger charge is -2.07. The summed E-state index contributed by atoms with van der Waals surface area (Å²) in [5, 5.41) is 3.06. The second-order valence-corrected chi connectivity index (χ2v) is 4.84. The van der Waals surface area contributed by atoms with E-state index in [0.717, 1.165) is 25.1 Å². The summed E-state index contributed by atoms with van der Waals surface area (Å²) in [5.74, 6) is 0.406. The number of aryl methyl sites for hydroxylation is 1. The fourth-order valence-corrected chi connectivity index (χ4v) is 1.71. The molecule has 0 heterocycles. The van der Waals surface area contributed by atoms with Gasteiger partial charge in [-0.15, -0.1) is 0 Å². The zero-order valence-electron chi connectivity index (χ0n) is 13.1. The van der Waals surface area contributed by atoms with E-state index in [9.17, 15) is 0 Å². The monoisotopic (exact) mass is 293 g/mol. The van der Waals surface area contributed by atoms with Crippen molar-refractivity contribution in [3.05, 3.63) is 29.8 Å². The zero-order valence-corrected chi connectivity index (χ0v) is 13.1. The average Bonchev–Trinajstić information content (AvgIpc) is 2.45. The Morgan fingerprint density at radius 1 is 1.19 bits per heavy atom. The van der Waals surface area contributed by atoms with Gasteiger partial charge in [0.15, 0.2) is 5.96 Å². The van der Waals surface area contributed by atoms with Crippen LogP contribution in [0.1, 0.15) is 25.3 Å². The van der Waals surface area contributed by atoms with Crippen molar-refractivity contribution >= 4 is 11.6 Å². The Labute approximate surface area is 127 Å². The Hall–Kier alpha value is -1.59. The molecule has 0 bridgehead atoms. The molecule has 1 aromatic rings. The Balaban J connectivity index is 2.07. The molecule has 3 N–H and O–H groups in total. The maximum absolute atomic E-state index is 5.81. The van der Waals surface area contributed by atoms with Crippen molar-refractivity contribution in [2.24, 2.45) is 10.7 Å². The first kappa shape index (κ1) is 17.5. The van der Waals surface area contributed by atoms with Crippen LogP contribution in [0.15, 0.2) is 29.3 Å². The summed E-state index contributed by atoms with van der Waals surface area (Å²) in [5.41, 5.74) is 7.94. The standard InChI is InChI=1S/C16H27N3O2/c1-3-4-9-20-11-12-21-10-8-18-16(17)19-15-7-5-6-14(2)13-15/h5-7,13H,3-4,8-12H2,1-2H3,(H3,17,18,19). The van der Waals surface area contributed by atoms with Crippen LogP contribution in [-0.2, 0) is 9.47 Å². The van der Waals surface area contributed by atoms with Gasteiger partial charge in [-0.3, -0.25) is 4.99 Å². The number of aliphatic imine (C=N–C) groups is 1. The number of ether oxygens (including phenoxy) is 2. The van der Waals surface area contributed by atoms with Crippen molar-refractivity contribution in [2.45, 2.75) is 26.7 Å². The van der Waals surface area contributed by atoms with Crippen LogP contribution < -0.4 is 11.1 Å². The molecule has 5 heteroatoms. The van der Waals surface area contributed by atoms with Crippen LogP contribution in [0.5, 0.6) is 0 Å².